The SMILES string of the molecule is CCOc1cc2c(cc1CNC(=NC)NCc1ncc(-c3ccccc3)[nH]1)OC(C)C2. The van der Waals surface area contributed by atoms with Gasteiger partial charge in [0.25, 0.3) is 0 Å². The van der Waals surface area contributed by atoms with Gasteiger partial charge in [-0.2, -0.15) is 0 Å². The number of aromatic nitrogens is 2. The summed E-state index contributed by atoms with van der Waals surface area (Å²) >= 11 is 0. The van der Waals surface area contributed by atoms with Crippen LogP contribution < -0.4 is 20.1 Å². The molecule has 0 saturated carbocycles. The first kappa shape index (κ1) is 20.8. The summed E-state index contributed by atoms with van der Waals surface area (Å²) in [6, 6.07) is 14.3. The summed E-state index contributed by atoms with van der Waals surface area (Å²) in [6.45, 7) is 5.82. The lowest BCUT2D eigenvalue weighted by atomic mass is 10.1. The molecular weight excluding hydrogens is 390 g/mol. The van der Waals surface area contributed by atoms with Crippen LogP contribution in [-0.4, -0.2) is 35.7 Å². The summed E-state index contributed by atoms with van der Waals surface area (Å²) in [5.41, 5.74) is 4.35. The Labute approximate surface area is 182 Å². The molecule has 7 heteroatoms. The molecule has 1 aliphatic heterocycles. The smallest absolute Gasteiger partial charge is 0.191 e. The lowest BCUT2D eigenvalue weighted by Crippen LogP contribution is -2.36. The van der Waals surface area contributed by atoms with Crippen LogP contribution in [-0.2, 0) is 19.5 Å². The van der Waals surface area contributed by atoms with Gasteiger partial charge >= 0.3 is 0 Å². The number of benzene rings is 2. The van der Waals surface area contributed by atoms with Crippen molar-refractivity contribution in [1.29, 1.82) is 0 Å². The monoisotopic (exact) mass is 419 g/mol. The van der Waals surface area contributed by atoms with E-state index in [-0.39, 0.29) is 6.10 Å². The Bertz CT molecular complexity index is 1050. The van der Waals surface area contributed by atoms with Crippen LogP contribution in [0.3, 0.4) is 0 Å². The second-order valence-electron chi connectivity index (χ2n) is 7.52. The van der Waals surface area contributed by atoms with Crippen LogP contribution in [0.15, 0.2) is 53.7 Å². The Morgan fingerprint density at radius 2 is 2.03 bits per heavy atom. The number of imidazole rings is 1. The third kappa shape index (κ3) is 4.99. The molecule has 0 radical (unpaired) electrons. The lowest BCUT2D eigenvalue weighted by Gasteiger charge is -2.15. The van der Waals surface area contributed by atoms with Gasteiger partial charge in [0.05, 0.1) is 25.0 Å². The summed E-state index contributed by atoms with van der Waals surface area (Å²) < 4.78 is 11.8. The molecule has 4 rings (SSSR count). The molecule has 0 fully saturated rings. The quantitative estimate of drug-likeness (QED) is 0.402. The summed E-state index contributed by atoms with van der Waals surface area (Å²) in [6.07, 6.45) is 2.97. The molecule has 1 aliphatic rings. The molecule has 0 aliphatic carbocycles. The standard InChI is InChI=1S/C24H29N5O2/c1-4-30-21-11-18-10-16(2)31-22(18)12-19(21)13-27-24(25-3)28-15-23-26-14-20(29-23)17-8-6-5-7-9-17/h5-9,11-12,14,16H,4,10,13,15H2,1-3H3,(H,26,29)(H2,25,27,28). The van der Waals surface area contributed by atoms with Crippen molar-refractivity contribution in [2.75, 3.05) is 13.7 Å². The van der Waals surface area contributed by atoms with Crippen LogP contribution in [0.4, 0.5) is 0 Å². The van der Waals surface area contributed by atoms with Crippen LogP contribution in [0.1, 0.15) is 30.8 Å². The fourth-order valence-electron chi connectivity index (χ4n) is 3.69. The molecule has 0 bridgehead atoms. The van der Waals surface area contributed by atoms with E-state index in [1.807, 2.05) is 31.3 Å². The van der Waals surface area contributed by atoms with Gasteiger partial charge in [-0.05, 0) is 31.5 Å². The van der Waals surface area contributed by atoms with Crippen LogP contribution in [0, 0.1) is 0 Å². The predicted molar refractivity (Wildman–Crippen MR) is 122 cm³/mol. The highest BCUT2D eigenvalue weighted by Crippen LogP contribution is 2.35. The molecule has 1 aromatic heterocycles. The Morgan fingerprint density at radius 3 is 2.81 bits per heavy atom. The lowest BCUT2D eigenvalue weighted by molar-refractivity contribution is 0.254. The summed E-state index contributed by atoms with van der Waals surface area (Å²) in [4.78, 5) is 12.1. The second kappa shape index (κ2) is 9.55. The third-order valence-corrected chi connectivity index (χ3v) is 5.19. The number of nitrogens with zero attached hydrogens (tertiary/aromatic N) is 2. The van der Waals surface area contributed by atoms with Gasteiger partial charge in [-0.1, -0.05) is 30.3 Å². The van der Waals surface area contributed by atoms with Gasteiger partial charge in [-0.3, -0.25) is 4.99 Å². The van der Waals surface area contributed by atoms with Gasteiger partial charge in [0, 0.05) is 31.1 Å². The minimum atomic E-state index is 0.205. The van der Waals surface area contributed by atoms with Crippen LogP contribution in [0.2, 0.25) is 0 Å². The van der Waals surface area contributed by atoms with Gasteiger partial charge in [0.15, 0.2) is 5.96 Å². The molecule has 31 heavy (non-hydrogen) atoms. The Balaban J connectivity index is 1.37. The first-order valence-corrected chi connectivity index (χ1v) is 10.6. The van der Waals surface area contributed by atoms with E-state index < -0.39 is 0 Å². The summed E-state index contributed by atoms with van der Waals surface area (Å²) in [7, 11) is 1.75. The number of aromatic amines is 1. The highest BCUT2D eigenvalue weighted by molar-refractivity contribution is 5.79. The number of fused-ring (bicyclic) bond motifs is 1. The number of ether oxygens (including phenoxy) is 2. The fourth-order valence-corrected chi connectivity index (χ4v) is 3.69. The van der Waals surface area contributed by atoms with Crippen molar-refractivity contribution in [1.82, 2.24) is 20.6 Å². The van der Waals surface area contributed by atoms with E-state index in [0.717, 1.165) is 40.6 Å². The van der Waals surface area contributed by atoms with Gasteiger partial charge in [0.1, 0.15) is 23.4 Å². The Hall–Kier alpha value is -3.48. The first-order chi connectivity index (χ1) is 15.2. The van der Waals surface area contributed by atoms with E-state index in [2.05, 4.69) is 56.8 Å². The van der Waals surface area contributed by atoms with E-state index in [1.54, 1.807) is 7.05 Å². The normalized spacial score (nSPS) is 15.3. The molecule has 1 atom stereocenters. The molecule has 2 aromatic carbocycles. The topological polar surface area (TPSA) is 83.6 Å². The molecule has 162 valence electrons. The largest absolute Gasteiger partial charge is 0.494 e. The zero-order chi connectivity index (χ0) is 21.6. The number of guanidine groups is 1. The first-order valence-electron chi connectivity index (χ1n) is 10.6. The summed E-state index contributed by atoms with van der Waals surface area (Å²) in [5, 5.41) is 6.66. The zero-order valence-corrected chi connectivity index (χ0v) is 18.2. The highest BCUT2D eigenvalue weighted by atomic mass is 16.5. The van der Waals surface area contributed by atoms with Crippen molar-refractivity contribution >= 4 is 5.96 Å². The van der Waals surface area contributed by atoms with Crippen molar-refractivity contribution in [3.8, 4) is 22.8 Å². The van der Waals surface area contributed by atoms with E-state index in [4.69, 9.17) is 9.47 Å². The second-order valence-corrected chi connectivity index (χ2v) is 7.52. The van der Waals surface area contributed by atoms with Gasteiger partial charge in [-0.25, -0.2) is 4.98 Å². The molecule has 1 unspecified atom stereocenters. The van der Waals surface area contributed by atoms with Crippen LogP contribution in [0.25, 0.3) is 11.3 Å². The van der Waals surface area contributed by atoms with Crippen molar-refractivity contribution in [3.63, 3.8) is 0 Å². The summed E-state index contributed by atoms with van der Waals surface area (Å²) in [5.74, 6) is 3.37. The predicted octanol–water partition coefficient (Wildman–Crippen LogP) is 3.66. The number of rotatable bonds is 7. The van der Waals surface area contributed by atoms with E-state index in [0.29, 0.717) is 25.7 Å². The minimum absolute atomic E-state index is 0.205. The van der Waals surface area contributed by atoms with Crippen LogP contribution >= 0.6 is 0 Å². The number of aliphatic imine (C=N–C) groups is 1. The number of hydrogen-bond donors (Lipinski definition) is 3. The Kier molecular flexibility index (Phi) is 6.40. The maximum Gasteiger partial charge on any atom is 0.191 e. The van der Waals surface area contributed by atoms with Crippen molar-refractivity contribution in [3.05, 3.63) is 65.6 Å². The molecule has 0 amide bonds. The zero-order valence-electron chi connectivity index (χ0n) is 18.2. The molecule has 0 spiro atoms. The molecule has 3 N–H and O–H groups in total. The van der Waals surface area contributed by atoms with E-state index in [9.17, 15) is 0 Å². The maximum atomic E-state index is 5.92. The molecule has 2 heterocycles. The van der Waals surface area contributed by atoms with Crippen molar-refractivity contribution in [2.24, 2.45) is 4.99 Å². The van der Waals surface area contributed by atoms with Gasteiger partial charge in [0.2, 0.25) is 0 Å². The number of nitrogens with one attached hydrogen (secondary N) is 3. The van der Waals surface area contributed by atoms with E-state index in [1.165, 1.54) is 5.56 Å². The Morgan fingerprint density at radius 1 is 1.23 bits per heavy atom. The number of hydrogen-bond acceptors (Lipinski definition) is 4. The molecule has 0 saturated heterocycles. The van der Waals surface area contributed by atoms with Gasteiger partial charge in [-0.15, -0.1) is 0 Å². The third-order valence-electron chi connectivity index (χ3n) is 5.19. The molecule has 3 aromatic rings. The van der Waals surface area contributed by atoms with E-state index >= 15 is 0 Å². The fraction of sp³-hybridized carbons (Fsp3) is 0.333. The molecular formula is C24H29N5O2. The average molecular weight is 420 g/mol. The van der Waals surface area contributed by atoms with Gasteiger partial charge < -0.3 is 25.1 Å². The molecule has 7 nitrogen and oxygen atoms in total. The maximum absolute atomic E-state index is 5.92. The number of H-pyrrole nitrogens is 1. The van der Waals surface area contributed by atoms with Crippen LogP contribution in [0.5, 0.6) is 11.5 Å². The minimum Gasteiger partial charge on any atom is -0.494 e. The van der Waals surface area contributed by atoms with Crippen molar-refractivity contribution < 1.29 is 9.47 Å². The van der Waals surface area contributed by atoms with Crippen molar-refractivity contribution in [2.45, 2.75) is 39.5 Å². The average Bonchev–Trinajstić information content (AvgIpc) is 3.40. The highest BCUT2D eigenvalue weighted by Gasteiger charge is 2.22.